The van der Waals surface area contributed by atoms with Crippen LogP contribution in [0.2, 0.25) is 0 Å². The average Bonchev–Trinajstić information content (AvgIpc) is 2.31. The largest absolute Gasteiger partial charge is 0.387 e. The van der Waals surface area contributed by atoms with Crippen molar-refractivity contribution in [3.8, 4) is 0 Å². The van der Waals surface area contributed by atoms with E-state index in [0.717, 1.165) is 5.56 Å². The fourth-order valence-corrected chi connectivity index (χ4v) is 1.41. The van der Waals surface area contributed by atoms with Gasteiger partial charge in [-0.1, -0.05) is 36.4 Å². The van der Waals surface area contributed by atoms with Crippen molar-refractivity contribution in [2.45, 2.75) is 6.42 Å². The molecule has 1 heterocycles. The van der Waals surface area contributed by atoms with Gasteiger partial charge in [0.1, 0.15) is 5.84 Å². The van der Waals surface area contributed by atoms with Gasteiger partial charge in [0.25, 0.3) is 0 Å². The molecule has 0 atom stereocenters. The molecule has 0 radical (unpaired) electrons. The minimum Gasteiger partial charge on any atom is -0.387 e. The Labute approximate surface area is 94.7 Å². The van der Waals surface area contributed by atoms with Crippen molar-refractivity contribution in [3.63, 3.8) is 0 Å². The second kappa shape index (κ2) is 5.07. The normalized spacial score (nSPS) is 11.4. The van der Waals surface area contributed by atoms with Crippen LogP contribution in [0.4, 0.5) is 5.82 Å². The third-order valence-electron chi connectivity index (χ3n) is 2.14. The number of amidine groups is 1. The number of hydrogen-bond acceptors (Lipinski definition) is 2. The van der Waals surface area contributed by atoms with Crippen LogP contribution in [-0.4, -0.2) is 10.8 Å². The van der Waals surface area contributed by atoms with Crippen LogP contribution < -0.4 is 5.73 Å². The van der Waals surface area contributed by atoms with E-state index in [-0.39, 0.29) is 0 Å². The van der Waals surface area contributed by atoms with Crippen LogP contribution >= 0.6 is 0 Å². The molecule has 0 amide bonds. The first kappa shape index (κ1) is 10.4. The van der Waals surface area contributed by atoms with Crippen molar-refractivity contribution in [2.24, 2.45) is 10.7 Å². The molecule has 80 valence electrons. The predicted octanol–water partition coefficient (Wildman–Crippen LogP) is 2.31. The minimum atomic E-state index is 0.574. The quantitative estimate of drug-likeness (QED) is 0.625. The van der Waals surface area contributed by atoms with E-state index in [1.54, 1.807) is 6.20 Å². The Hall–Kier alpha value is -2.16. The molecule has 1 aromatic carbocycles. The molecule has 1 aromatic heterocycles. The second-order valence-electron chi connectivity index (χ2n) is 3.45. The van der Waals surface area contributed by atoms with Gasteiger partial charge in [0.15, 0.2) is 5.82 Å². The Morgan fingerprint density at radius 1 is 1.06 bits per heavy atom. The number of pyridine rings is 1. The first-order valence-corrected chi connectivity index (χ1v) is 5.12. The van der Waals surface area contributed by atoms with Gasteiger partial charge in [-0.25, -0.2) is 9.98 Å². The third kappa shape index (κ3) is 2.92. The van der Waals surface area contributed by atoms with E-state index in [1.165, 1.54) is 0 Å². The van der Waals surface area contributed by atoms with Gasteiger partial charge >= 0.3 is 0 Å². The molecule has 0 fully saturated rings. The Morgan fingerprint density at radius 2 is 1.81 bits per heavy atom. The highest BCUT2D eigenvalue weighted by atomic mass is 14.9. The molecule has 0 saturated heterocycles. The van der Waals surface area contributed by atoms with Crippen molar-refractivity contribution >= 4 is 11.7 Å². The summed E-state index contributed by atoms with van der Waals surface area (Å²) in [6, 6.07) is 15.6. The minimum absolute atomic E-state index is 0.574. The lowest BCUT2D eigenvalue weighted by Crippen LogP contribution is -2.14. The first-order chi connectivity index (χ1) is 7.84. The first-order valence-electron chi connectivity index (χ1n) is 5.12. The Kier molecular flexibility index (Phi) is 3.28. The number of rotatable bonds is 3. The zero-order valence-corrected chi connectivity index (χ0v) is 8.88. The van der Waals surface area contributed by atoms with Gasteiger partial charge in [-0.3, -0.25) is 0 Å². The fraction of sp³-hybridized carbons (Fsp3) is 0.0769. The summed E-state index contributed by atoms with van der Waals surface area (Å²) in [7, 11) is 0. The van der Waals surface area contributed by atoms with E-state index in [0.29, 0.717) is 18.1 Å². The summed E-state index contributed by atoms with van der Waals surface area (Å²) in [5.41, 5.74) is 7.00. The number of aliphatic imine (C=N–C) groups is 1. The molecule has 0 aliphatic heterocycles. The van der Waals surface area contributed by atoms with Gasteiger partial charge in [0, 0.05) is 12.6 Å². The molecule has 2 rings (SSSR count). The van der Waals surface area contributed by atoms with E-state index in [2.05, 4.69) is 9.98 Å². The number of aromatic nitrogens is 1. The SMILES string of the molecule is N/C(Cc1ccccc1)=N\c1ccccn1. The summed E-state index contributed by atoms with van der Waals surface area (Å²) in [6.45, 7) is 0. The zero-order valence-electron chi connectivity index (χ0n) is 8.88. The Morgan fingerprint density at radius 3 is 2.50 bits per heavy atom. The molecular weight excluding hydrogens is 198 g/mol. The molecule has 16 heavy (non-hydrogen) atoms. The van der Waals surface area contributed by atoms with Crippen LogP contribution in [0, 0.1) is 0 Å². The van der Waals surface area contributed by atoms with Gasteiger partial charge in [0.2, 0.25) is 0 Å². The maximum Gasteiger partial charge on any atom is 0.153 e. The van der Waals surface area contributed by atoms with E-state index >= 15 is 0 Å². The lowest BCUT2D eigenvalue weighted by molar-refractivity contribution is 1.22. The Balaban J connectivity index is 2.09. The van der Waals surface area contributed by atoms with Gasteiger partial charge in [-0.2, -0.15) is 0 Å². The van der Waals surface area contributed by atoms with Gasteiger partial charge in [0.05, 0.1) is 0 Å². The Bertz CT molecular complexity index is 463. The highest BCUT2D eigenvalue weighted by Crippen LogP contribution is 2.06. The fourth-order valence-electron chi connectivity index (χ4n) is 1.41. The lowest BCUT2D eigenvalue weighted by Gasteiger charge is -2.00. The predicted molar refractivity (Wildman–Crippen MR) is 65.7 cm³/mol. The molecule has 0 bridgehead atoms. The smallest absolute Gasteiger partial charge is 0.153 e. The van der Waals surface area contributed by atoms with Crippen LogP contribution in [0.15, 0.2) is 59.7 Å². The molecule has 0 spiro atoms. The maximum absolute atomic E-state index is 5.85. The van der Waals surface area contributed by atoms with Crippen LogP contribution in [0.5, 0.6) is 0 Å². The number of nitrogens with two attached hydrogens (primary N) is 1. The van der Waals surface area contributed by atoms with Crippen molar-refractivity contribution in [1.82, 2.24) is 4.98 Å². The average molecular weight is 211 g/mol. The van der Waals surface area contributed by atoms with Crippen LogP contribution in [0.25, 0.3) is 0 Å². The molecule has 3 heteroatoms. The monoisotopic (exact) mass is 211 g/mol. The number of nitrogens with zero attached hydrogens (tertiary/aromatic N) is 2. The van der Waals surface area contributed by atoms with E-state index in [4.69, 9.17) is 5.73 Å². The zero-order chi connectivity index (χ0) is 11.2. The van der Waals surface area contributed by atoms with E-state index in [9.17, 15) is 0 Å². The summed E-state index contributed by atoms with van der Waals surface area (Å²) in [4.78, 5) is 8.33. The summed E-state index contributed by atoms with van der Waals surface area (Å²) in [5, 5.41) is 0. The highest BCUT2D eigenvalue weighted by Gasteiger charge is 1.96. The van der Waals surface area contributed by atoms with Gasteiger partial charge in [-0.15, -0.1) is 0 Å². The van der Waals surface area contributed by atoms with Crippen LogP contribution in [0.1, 0.15) is 5.56 Å². The third-order valence-corrected chi connectivity index (χ3v) is 2.14. The summed E-state index contributed by atoms with van der Waals surface area (Å²) >= 11 is 0. The maximum atomic E-state index is 5.85. The lowest BCUT2D eigenvalue weighted by atomic mass is 10.1. The molecule has 0 saturated carbocycles. The van der Waals surface area contributed by atoms with Crippen LogP contribution in [-0.2, 0) is 6.42 Å². The van der Waals surface area contributed by atoms with Crippen molar-refractivity contribution in [3.05, 3.63) is 60.3 Å². The molecule has 2 aromatic rings. The standard InChI is InChI=1S/C13H13N3/c14-12(10-11-6-2-1-3-7-11)16-13-8-4-5-9-15-13/h1-9H,10H2,(H2,14,15,16). The van der Waals surface area contributed by atoms with Gasteiger partial charge in [-0.05, 0) is 17.7 Å². The number of hydrogen-bond donors (Lipinski definition) is 1. The topological polar surface area (TPSA) is 51.3 Å². The molecule has 0 unspecified atom stereocenters. The van der Waals surface area contributed by atoms with Crippen molar-refractivity contribution in [2.75, 3.05) is 0 Å². The van der Waals surface area contributed by atoms with Crippen molar-refractivity contribution < 1.29 is 0 Å². The number of benzene rings is 1. The molecule has 0 aliphatic carbocycles. The second-order valence-corrected chi connectivity index (χ2v) is 3.45. The molecular formula is C13H13N3. The van der Waals surface area contributed by atoms with Gasteiger partial charge < -0.3 is 5.73 Å². The van der Waals surface area contributed by atoms with E-state index in [1.807, 2.05) is 48.5 Å². The molecule has 3 nitrogen and oxygen atoms in total. The molecule has 0 aliphatic rings. The van der Waals surface area contributed by atoms with E-state index < -0.39 is 0 Å². The molecule has 2 N–H and O–H groups in total. The highest BCUT2D eigenvalue weighted by molar-refractivity contribution is 5.84. The summed E-state index contributed by atoms with van der Waals surface area (Å²) in [5.74, 6) is 1.22. The summed E-state index contributed by atoms with van der Waals surface area (Å²) in [6.07, 6.45) is 2.35. The van der Waals surface area contributed by atoms with Crippen molar-refractivity contribution in [1.29, 1.82) is 0 Å². The summed E-state index contributed by atoms with van der Waals surface area (Å²) < 4.78 is 0. The van der Waals surface area contributed by atoms with Crippen LogP contribution in [0.3, 0.4) is 0 Å².